The third-order valence-electron chi connectivity index (χ3n) is 4.21. The van der Waals surface area contributed by atoms with Crippen LogP contribution in [0, 0.1) is 0 Å². The van der Waals surface area contributed by atoms with Crippen LogP contribution < -0.4 is 14.2 Å². The van der Waals surface area contributed by atoms with E-state index < -0.39 is 7.12 Å². The Kier molecular flexibility index (Phi) is 5.95. The molecule has 1 N–H and O–H groups in total. The Bertz CT molecular complexity index is 758. The predicted molar refractivity (Wildman–Crippen MR) is 97.8 cm³/mol. The second-order valence-corrected chi connectivity index (χ2v) is 6.09. The van der Waals surface area contributed by atoms with Crippen molar-refractivity contribution in [2.75, 3.05) is 27.4 Å². The van der Waals surface area contributed by atoms with Gasteiger partial charge in [-0.1, -0.05) is 6.92 Å². The van der Waals surface area contributed by atoms with Crippen LogP contribution in [-0.4, -0.2) is 49.5 Å². The van der Waals surface area contributed by atoms with Crippen LogP contribution in [0.15, 0.2) is 24.3 Å². The fourth-order valence-electron chi connectivity index (χ4n) is 2.84. The van der Waals surface area contributed by atoms with E-state index in [0.29, 0.717) is 42.7 Å². The summed E-state index contributed by atoms with van der Waals surface area (Å²) >= 11 is 0. The lowest BCUT2D eigenvalue weighted by Gasteiger charge is -2.14. The van der Waals surface area contributed by atoms with Gasteiger partial charge in [-0.25, -0.2) is 4.98 Å². The maximum absolute atomic E-state index is 9.62. The Balaban J connectivity index is 1.97. The predicted octanol–water partition coefficient (Wildman–Crippen LogP) is 2.54. The number of aromatic nitrogens is 2. The van der Waals surface area contributed by atoms with Gasteiger partial charge in [-0.3, -0.25) is 0 Å². The minimum atomic E-state index is -0.751. The molecule has 1 aliphatic heterocycles. The standard InChI is InChI=1S/C18H23BN2O5/c1-4-7-25-16-8-12(5-6-15(16)23-2)18-20-14(9-17(21-18)24-3)13-10-19(22)26-11-13/h5-6,8-9,13,22H,4,7,10-11H2,1-3H3. The van der Waals surface area contributed by atoms with E-state index in [1.807, 2.05) is 25.1 Å². The number of benzene rings is 1. The van der Waals surface area contributed by atoms with Crippen molar-refractivity contribution in [1.29, 1.82) is 0 Å². The second kappa shape index (κ2) is 8.38. The molecule has 1 atom stereocenters. The molecule has 1 aromatic carbocycles. The number of methoxy groups -OCH3 is 2. The minimum Gasteiger partial charge on any atom is -0.493 e. The molecule has 0 saturated carbocycles. The van der Waals surface area contributed by atoms with Gasteiger partial charge in [0, 0.05) is 24.2 Å². The normalized spacial score (nSPS) is 16.6. The fourth-order valence-corrected chi connectivity index (χ4v) is 2.84. The molecule has 2 aromatic rings. The summed E-state index contributed by atoms with van der Waals surface area (Å²) in [5.74, 6) is 2.33. The van der Waals surface area contributed by atoms with Gasteiger partial charge in [0.25, 0.3) is 0 Å². The molecule has 26 heavy (non-hydrogen) atoms. The van der Waals surface area contributed by atoms with Gasteiger partial charge in [-0.2, -0.15) is 4.98 Å². The van der Waals surface area contributed by atoms with Gasteiger partial charge in [0.15, 0.2) is 17.3 Å². The Morgan fingerprint density at radius 2 is 2.04 bits per heavy atom. The highest BCUT2D eigenvalue weighted by Crippen LogP contribution is 2.34. The van der Waals surface area contributed by atoms with E-state index in [0.717, 1.165) is 17.7 Å². The Morgan fingerprint density at radius 3 is 2.69 bits per heavy atom. The molecular weight excluding hydrogens is 335 g/mol. The molecule has 3 rings (SSSR count). The highest BCUT2D eigenvalue weighted by Gasteiger charge is 2.31. The smallest absolute Gasteiger partial charge is 0.454 e. The van der Waals surface area contributed by atoms with Crippen molar-refractivity contribution in [3.8, 4) is 28.8 Å². The molecule has 1 aliphatic rings. The number of rotatable bonds is 7. The van der Waals surface area contributed by atoms with Gasteiger partial charge < -0.3 is 23.9 Å². The van der Waals surface area contributed by atoms with Crippen molar-refractivity contribution < 1.29 is 23.9 Å². The summed E-state index contributed by atoms with van der Waals surface area (Å²) in [6.45, 7) is 3.07. The van der Waals surface area contributed by atoms with Gasteiger partial charge in [0.2, 0.25) is 5.88 Å². The van der Waals surface area contributed by atoms with Crippen molar-refractivity contribution in [3.05, 3.63) is 30.0 Å². The van der Waals surface area contributed by atoms with Crippen LogP contribution >= 0.6 is 0 Å². The summed E-state index contributed by atoms with van der Waals surface area (Å²) in [7, 11) is 2.43. The van der Waals surface area contributed by atoms with E-state index in [1.54, 1.807) is 20.3 Å². The summed E-state index contributed by atoms with van der Waals surface area (Å²) in [6, 6.07) is 7.38. The largest absolute Gasteiger partial charge is 0.493 e. The zero-order valence-electron chi connectivity index (χ0n) is 15.3. The van der Waals surface area contributed by atoms with E-state index in [1.165, 1.54) is 0 Å². The van der Waals surface area contributed by atoms with E-state index in [2.05, 4.69) is 9.97 Å². The number of ether oxygens (including phenoxy) is 3. The first-order chi connectivity index (χ1) is 12.6. The van der Waals surface area contributed by atoms with Crippen LogP contribution in [0.1, 0.15) is 25.0 Å². The first kappa shape index (κ1) is 18.5. The van der Waals surface area contributed by atoms with Gasteiger partial charge in [0.05, 0.1) is 26.5 Å². The van der Waals surface area contributed by atoms with Crippen LogP contribution in [0.3, 0.4) is 0 Å². The average Bonchev–Trinajstić information content (AvgIpc) is 3.12. The molecule has 0 spiro atoms. The van der Waals surface area contributed by atoms with Crippen molar-refractivity contribution in [1.82, 2.24) is 9.97 Å². The summed E-state index contributed by atoms with van der Waals surface area (Å²) < 4.78 is 21.7. The van der Waals surface area contributed by atoms with Crippen molar-refractivity contribution >= 4 is 7.12 Å². The summed E-state index contributed by atoms with van der Waals surface area (Å²) in [5.41, 5.74) is 1.59. The van der Waals surface area contributed by atoms with E-state index in [-0.39, 0.29) is 5.92 Å². The van der Waals surface area contributed by atoms with Gasteiger partial charge in [-0.15, -0.1) is 0 Å². The molecule has 1 aromatic heterocycles. The number of nitrogens with zero attached hydrogens (tertiary/aromatic N) is 2. The lowest BCUT2D eigenvalue weighted by molar-refractivity contribution is 0.291. The molecule has 8 heteroatoms. The van der Waals surface area contributed by atoms with Crippen LogP contribution in [0.4, 0.5) is 0 Å². The molecule has 2 heterocycles. The Labute approximate surface area is 153 Å². The topological polar surface area (TPSA) is 82.9 Å². The molecule has 0 aliphatic carbocycles. The van der Waals surface area contributed by atoms with Gasteiger partial charge in [0.1, 0.15) is 0 Å². The summed E-state index contributed by atoms with van der Waals surface area (Å²) in [5, 5.41) is 9.62. The SMILES string of the molecule is CCCOc1cc(-c2nc(OC)cc(C3COB(O)C3)n2)ccc1OC. The third kappa shape index (κ3) is 4.08. The quantitative estimate of drug-likeness (QED) is 0.762. The number of hydrogen-bond donors (Lipinski definition) is 1. The van der Waals surface area contributed by atoms with Crippen LogP contribution in [0.2, 0.25) is 6.32 Å². The first-order valence-corrected chi connectivity index (χ1v) is 8.68. The maximum Gasteiger partial charge on any atom is 0.454 e. The molecule has 1 fully saturated rings. The van der Waals surface area contributed by atoms with E-state index in [9.17, 15) is 5.02 Å². The highest BCUT2D eigenvalue weighted by atomic mass is 16.5. The second-order valence-electron chi connectivity index (χ2n) is 6.09. The first-order valence-electron chi connectivity index (χ1n) is 8.68. The maximum atomic E-state index is 9.62. The summed E-state index contributed by atoms with van der Waals surface area (Å²) in [6.07, 6.45) is 1.41. The van der Waals surface area contributed by atoms with Gasteiger partial charge >= 0.3 is 7.12 Å². The Morgan fingerprint density at radius 1 is 1.19 bits per heavy atom. The van der Waals surface area contributed by atoms with Gasteiger partial charge in [-0.05, 0) is 30.9 Å². The molecule has 1 saturated heterocycles. The zero-order valence-corrected chi connectivity index (χ0v) is 15.3. The van der Waals surface area contributed by atoms with Crippen LogP contribution in [0.5, 0.6) is 17.4 Å². The fraction of sp³-hybridized carbons (Fsp3) is 0.444. The number of hydrogen-bond acceptors (Lipinski definition) is 7. The van der Waals surface area contributed by atoms with Crippen molar-refractivity contribution in [2.45, 2.75) is 25.6 Å². The highest BCUT2D eigenvalue weighted by molar-refractivity contribution is 6.43. The lowest BCUT2D eigenvalue weighted by atomic mass is 9.81. The Hall–Kier alpha value is -2.32. The lowest BCUT2D eigenvalue weighted by Crippen LogP contribution is -2.08. The minimum absolute atomic E-state index is 0.00899. The average molecular weight is 358 g/mol. The molecule has 1 unspecified atom stereocenters. The molecule has 7 nitrogen and oxygen atoms in total. The molecule has 0 bridgehead atoms. The van der Waals surface area contributed by atoms with Crippen LogP contribution in [0.25, 0.3) is 11.4 Å². The molecule has 0 amide bonds. The van der Waals surface area contributed by atoms with Crippen LogP contribution in [-0.2, 0) is 4.65 Å². The van der Waals surface area contributed by atoms with E-state index >= 15 is 0 Å². The monoisotopic (exact) mass is 358 g/mol. The van der Waals surface area contributed by atoms with Crippen molar-refractivity contribution in [2.24, 2.45) is 0 Å². The summed E-state index contributed by atoms with van der Waals surface area (Å²) in [4.78, 5) is 9.12. The third-order valence-corrected chi connectivity index (χ3v) is 4.21. The molecule has 138 valence electrons. The molecule has 0 radical (unpaired) electrons. The van der Waals surface area contributed by atoms with E-state index in [4.69, 9.17) is 18.9 Å². The zero-order chi connectivity index (χ0) is 18.5. The van der Waals surface area contributed by atoms with Crippen molar-refractivity contribution in [3.63, 3.8) is 0 Å². The molecular formula is C18H23BN2O5.